The summed E-state index contributed by atoms with van der Waals surface area (Å²) in [5.41, 5.74) is 1.99. The van der Waals surface area contributed by atoms with E-state index in [-0.39, 0.29) is 6.04 Å². The Labute approximate surface area is 171 Å². The van der Waals surface area contributed by atoms with Crippen molar-refractivity contribution < 1.29 is 4.52 Å². The minimum absolute atomic E-state index is 0.0838. The monoisotopic (exact) mass is 392 g/mol. The van der Waals surface area contributed by atoms with Gasteiger partial charge in [0.05, 0.1) is 6.04 Å². The molecule has 0 spiro atoms. The molecule has 152 valence electrons. The first-order chi connectivity index (χ1) is 14.0. The normalized spacial score (nSPS) is 16.4. The van der Waals surface area contributed by atoms with Crippen molar-refractivity contribution in [1.82, 2.24) is 25.0 Å². The molecule has 0 aliphatic carbocycles. The fourth-order valence-electron chi connectivity index (χ4n) is 3.60. The summed E-state index contributed by atoms with van der Waals surface area (Å²) in [7, 11) is 0. The highest BCUT2D eigenvalue weighted by Crippen LogP contribution is 2.25. The van der Waals surface area contributed by atoms with Crippen LogP contribution in [0.5, 0.6) is 0 Å². The molecule has 7 heteroatoms. The van der Waals surface area contributed by atoms with Gasteiger partial charge in [-0.2, -0.15) is 4.98 Å². The highest BCUT2D eigenvalue weighted by molar-refractivity contribution is 5.53. The first-order valence-electron chi connectivity index (χ1n) is 10.2. The smallest absolute Gasteiger partial charge is 0.244 e. The second-order valence-corrected chi connectivity index (χ2v) is 7.90. The predicted molar refractivity (Wildman–Crippen MR) is 113 cm³/mol. The highest BCUT2D eigenvalue weighted by Gasteiger charge is 2.27. The van der Waals surface area contributed by atoms with Crippen molar-refractivity contribution in [2.24, 2.45) is 0 Å². The minimum atomic E-state index is 0.0838. The molecular weight excluding hydrogens is 364 g/mol. The van der Waals surface area contributed by atoms with Gasteiger partial charge in [-0.3, -0.25) is 4.90 Å². The zero-order valence-corrected chi connectivity index (χ0v) is 17.5. The second-order valence-electron chi connectivity index (χ2n) is 7.90. The number of rotatable bonds is 5. The van der Waals surface area contributed by atoms with Crippen LogP contribution in [0.15, 0.2) is 40.9 Å². The number of anilines is 1. The van der Waals surface area contributed by atoms with Crippen molar-refractivity contribution in [1.29, 1.82) is 0 Å². The minimum Gasteiger partial charge on any atom is -0.354 e. The molecule has 1 fully saturated rings. The number of aromatic nitrogens is 4. The van der Waals surface area contributed by atoms with Crippen LogP contribution in [-0.4, -0.2) is 51.2 Å². The Morgan fingerprint density at radius 2 is 1.66 bits per heavy atom. The molecule has 0 radical (unpaired) electrons. The molecule has 0 N–H and O–H groups in total. The summed E-state index contributed by atoms with van der Waals surface area (Å²) >= 11 is 0. The lowest BCUT2D eigenvalue weighted by Gasteiger charge is -2.37. The van der Waals surface area contributed by atoms with E-state index in [1.807, 2.05) is 37.3 Å². The van der Waals surface area contributed by atoms with Gasteiger partial charge in [-0.1, -0.05) is 49.3 Å². The first-order valence-corrected chi connectivity index (χ1v) is 10.2. The molecule has 1 aliphatic heterocycles. The number of aryl methyl sites for hydroxylation is 1. The van der Waals surface area contributed by atoms with Crippen LogP contribution in [0.3, 0.4) is 0 Å². The quantitative estimate of drug-likeness (QED) is 0.653. The summed E-state index contributed by atoms with van der Waals surface area (Å²) in [6, 6.07) is 12.1. The van der Waals surface area contributed by atoms with E-state index in [0.29, 0.717) is 17.6 Å². The maximum atomic E-state index is 5.57. The lowest BCUT2D eigenvalue weighted by atomic mass is 10.2. The highest BCUT2D eigenvalue weighted by atomic mass is 16.5. The van der Waals surface area contributed by atoms with Crippen LogP contribution in [0, 0.1) is 6.92 Å². The summed E-state index contributed by atoms with van der Waals surface area (Å²) in [5, 5.41) is 4.16. The molecule has 1 aromatic carbocycles. The molecule has 7 nitrogen and oxygen atoms in total. The molecule has 1 saturated heterocycles. The lowest BCUT2D eigenvalue weighted by molar-refractivity contribution is 0.164. The molecule has 0 saturated carbocycles. The van der Waals surface area contributed by atoms with Gasteiger partial charge in [0.25, 0.3) is 0 Å². The summed E-state index contributed by atoms with van der Waals surface area (Å²) in [5.74, 6) is 3.57. The van der Waals surface area contributed by atoms with Crippen molar-refractivity contribution >= 4 is 5.82 Å². The van der Waals surface area contributed by atoms with E-state index in [1.54, 1.807) is 0 Å². The number of hydrogen-bond acceptors (Lipinski definition) is 7. The van der Waals surface area contributed by atoms with Gasteiger partial charge in [0, 0.05) is 49.4 Å². The topological polar surface area (TPSA) is 71.2 Å². The van der Waals surface area contributed by atoms with Gasteiger partial charge >= 0.3 is 0 Å². The number of hydrogen-bond donors (Lipinski definition) is 0. The van der Waals surface area contributed by atoms with Crippen molar-refractivity contribution in [3.05, 3.63) is 53.8 Å². The van der Waals surface area contributed by atoms with Gasteiger partial charge in [0.15, 0.2) is 0 Å². The SMILES string of the molecule is Cc1cc(N2CCN(C(C)c3nc(-c4ccccc4)no3)CC2)nc(C(C)C)n1. The first kappa shape index (κ1) is 19.5. The zero-order valence-electron chi connectivity index (χ0n) is 17.5. The van der Waals surface area contributed by atoms with Crippen LogP contribution >= 0.6 is 0 Å². The summed E-state index contributed by atoms with van der Waals surface area (Å²) in [4.78, 5) is 18.7. The number of nitrogens with zero attached hydrogens (tertiary/aromatic N) is 6. The average Bonchev–Trinajstić information content (AvgIpc) is 3.24. The van der Waals surface area contributed by atoms with E-state index < -0.39 is 0 Å². The van der Waals surface area contributed by atoms with E-state index in [1.165, 1.54) is 0 Å². The van der Waals surface area contributed by atoms with E-state index in [9.17, 15) is 0 Å². The van der Waals surface area contributed by atoms with Gasteiger partial charge in [-0.25, -0.2) is 9.97 Å². The van der Waals surface area contributed by atoms with E-state index in [4.69, 9.17) is 9.51 Å². The molecule has 0 amide bonds. The molecule has 3 aromatic rings. The molecule has 1 atom stereocenters. The van der Waals surface area contributed by atoms with E-state index in [2.05, 4.69) is 51.8 Å². The van der Waals surface area contributed by atoms with Crippen LogP contribution in [0.4, 0.5) is 5.82 Å². The third kappa shape index (κ3) is 4.29. The number of benzene rings is 1. The Hall–Kier alpha value is -2.80. The molecule has 0 bridgehead atoms. The summed E-state index contributed by atoms with van der Waals surface area (Å²) < 4.78 is 5.57. The van der Waals surface area contributed by atoms with E-state index in [0.717, 1.165) is 49.1 Å². The second kappa shape index (κ2) is 8.29. The Morgan fingerprint density at radius 1 is 0.931 bits per heavy atom. The maximum absolute atomic E-state index is 5.57. The van der Waals surface area contributed by atoms with Crippen LogP contribution in [0.1, 0.15) is 50.1 Å². The molecule has 1 unspecified atom stereocenters. The van der Waals surface area contributed by atoms with Crippen molar-refractivity contribution in [3.63, 3.8) is 0 Å². The van der Waals surface area contributed by atoms with Crippen LogP contribution < -0.4 is 4.90 Å². The van der Waals surface area contributed by atoms with Crippen LogP contribution in [0.25, 0.3) is 11.4 Å². The van der Waals surface area contributed by atoms with Crippen molar-refractivity contribution in [2.75, 3.05) is 31.1 Å². The van der Waals surface area contributed by atoms with E-state index >= 15 is 0 Å². The van der Waals surface area contributed by atoms with Gasteiger partial charge in [-0.05, 0) is 13.8 Å². The maximum Gasteiger partial charge on any atom is 0.244 e. The Kier molecular flexibility index (Phi) is 5.58. The molecular formula is C22H28N6O. The van der Waals surface area contributed by atoms with Gasteiger partial charge in [0.1, 0.15) is 11.6 Å². The standard InChI is InChI=1S/C22H28N6O/c1-15(2)20-23-16(3)14-19(24-20)28-12-10-27(11-13-28)17(4)22-25-21(26-29-22)18-8-6-5-7-9-18/h5-9,14-15,17H,10-13H2,1-4H3. The third-order valence-electron chi connectivity index (χ3n) is 5.39. The Balaban J connectivity index is 1.42. The molecule has 2 aromatic heterocycles. The van der Waals surface area contributed by atoms with Crippen LogP contribution in [-0.2, 0) is 0 Å². The average molecular weight is 393 g/mol. The fourth-order valence-corrected chi connectivity index (χ4v) is 3.60. The Bertz CT molecular complexity index is 947. The lowest BCUT2D eigenvalue weighted by Crippen LogP contribution is -2.47. The largest absolute Gasteiger partial charge is 0.354 e. The van der Waals surface area contributed by atoms with Gasteiger partial charge < -0.3 is 9.42 Å². The summed E-state index contributed by atoms with van der Waals surface area (Å²) in [6.07, 6.45) is 0. The predicted octanol–water partition coefficient (Wildman–Crippen LogP) is 3.84. The zero-order chi connectivity index (χ0) is 20.4. The van der Waals surface area contributed by atoms with Gasteiger partial charge in [-0.15, -0.1) is 0 Å². The van der Waals surface area contributed by atoms with Crippen molar-refractivity contribution in [3.8, 4) is 11.4 Å². The molecule has 3 heterocycles. The number of piperazine rings is 1. The van der Waals surface area contributed by atoms with Crippen molar-refractivity contribution in [2.45, 2.75) is 39.7 Å². The van der Waals surface area contributed by atoms with Gasteiger partial charge in [0.2, 0.25) is 11.7 Å². The summed E-state index contributed by atoms with van der Waals surface area (Å²) in [6.45, 7) is 12.1. The fraction of sp³-hybridized carbons (Fsp3) is 0.455. The molecule has 1 aliphatic rings. The third-order valence-corrected chi connectivity index (χ3v) is 5.39. The van der Waals surface area contributed by atoms with Crippen LogP contribution in [0.2, 0.25) is 0 Å². The molecule has 29 heavy (non-hydrogen) atoms. The molecule has 4 rings (SSSR count). The Morgan fingerprint density at radius 3 is 2.34 bits per heavy atom.